The maximum atomic E-state index is 10.6. The van der Waals surface area contributed by atoms with Gasteiger partial charge in [-0.1, -0.05) is 13.8 Å². The van der Waals surface area contributed by atoms with Crippen molar-refractivity contribution in [2.45, 2.75) is 26.9 Å². The first kappa shape index (κ1) is 9.06. The van der Waals surface area contributed by atoms with E-state index < -0.39 is 5.82 Å². The van der Waals surface area contributed by atoms with Crippen LogP contribution in [0.4, 0.5) is 0 Å². The fourth-order valence-corrected chi connectivity index (χ4v) is 0.983. The molecule has 1 rings (SSSR count). The normalized spacial score (nSPS) is 11.0. The highest BCUT2D eigenvalue weighted by Gasteiger charge is 2.12. The quantitative estimate of drug-likeness (QED) is 0.736. The molecular weight excluding hydrogens is 160 g/mol. The second kappa shape index (κ2) is 3.58. The molecule has 0 saturated heterocycles. The van der Waals surface area contributed by atoms with Crippen molar-refractivity contribution >= 4 is 0 Å². The molecule has 0 saturated carbocycles. The fourth-order valence-electron chi connectivity index (χ4n) is 0.983. The Balaban J connectivity index is 2.89. The molecule has 0 spiro atoms. The Hall–Kier alpha value is -1.03. The Bertz CT molecular complexity index is 294. The molecular formula is C8H12O4. The molecule has 0 radical (unpaired) electrons. The molecule has 0 fully saturated rings. The van der Waals surface area contributed by atoms with E-state index in [-0.39, 0.29) is 12.4 Å². The van der Waals surface area contributed by atoms with Gasteiger partial charge in [0, 0.05) is 6.42 Å². The molecule has 12 heavy (non-hydrogen) atoms. The van der Waals surface area contributed by atoms with Gasteiger partial charge in [0.1, 0.15) is 6.61 Å². The molecule has 0 aliphatic rings. The number of rotatable bonds is 3. The summed E-state index contributed by atoms with van der Waals surface area (Å²) in [6, 6.07) is 0. The number of aliphatic hydroxyl groups is 1. The summed E-state index contributed by atoms with van der Waals surface area (Å²) >= 11 is 0. The minimum absolute atomic E-state index is 0.244. The van der Waals surface area contributed by atoms with Crippen LogP contribution in [0.3, 0.4) is 0 Å². The standard InChI is InChI=1S/C8H12O4/c1-5(2)3-6-7(4-9)12-8(10)11-6/h5,9H,3-4H2,1-2H3. The lowest BCUT2D eigenvalue weighted by Crippen LogP contribution is -1.96. The van der Waals surface area contributed by atoms with Crippen molar-refractivity contribution in [1.29, 1.82) is 0 Å². The highest BCUT2D eigenvalue weighted by Crippen LogP contribution is 2.11. The molecule has 0 aliphatic carbocycles. The first-order chi connectivity index (χ1) is 5.63. The lowest BCUT2D eigenvalue weighted by atomic mass is 10.1. The maximum absolute atomic E-state index is 10.6. The van der Waals surface area contributed by atoms with Crippen molar-refractivity contribution in [2.24, 2.45) is 5.92 Å². The molecule has 0 atom stereocenters. The third kappa shape index (κ3) is 1.98. The van der Waals surface area contributed by atoms with Crippen LogP contribution in [-0.4, -0.2) is 5.11 Å². The van der Waals surface area contributed by atoms with Crippen LogP contribution < -0.4 is 5.82 Å². The summed E-state index contributed by atoms with van der Waals surface area (Å²) in [5.41, 5.74) is 0. The van der Waals surface area contributed by atoms with E-state index >= 15 is 0 Å². The van der Waals surface area contributed by atoms with E-state index in [1.165, 1.54) is 0 Å². The Morgan fingerprint density at radius 3 is 2.42 bits per heavy atom. The molecule has 1 heterocycles. The van der Waals surface area contributed by atoms with Gasteiger partial charge < -0.3 is 13.9 Å². The minimum Gasteiger partial charge on any atom is -0.396 e. The molecule has 1 aromatic rings. The molecule has 0 bridgehead atoms. The van der Waals surface area contributed by atoms with E-state index in [4.69, 9.17) is 9.52 Å². The van der Waals surface area contributed by atoms with Crippen LogP contribution in [0.15, 0.2) is 13.6 Å². The third-order valence-corrected chi connectivity index (χ3v) is 1.46. The zero-order valence-electron chi connectivity index (χ0n) is 7.16. The second-order valence-electron chi connectivity index (χ2n) is 3.06. The van der Waals surface area contributed by atoms with Gasteiger partial charge in [-0.05, 0) is 5.92 Å². The largest absolute Gasteiger partial charge is 0.519 e. The van der Waals surface area contributed by atoms with E-state index in [1.807, 2.05) is 13.8 Å². The monoisotopic (exact) mass is 172 g/mol. The van der Waals surface area contributed by atoms with E-state index in [0.717, 1.165) is 0 Å². The summed E-state index contributed by atoms with van der Waals surface area (Å²) in [5, 5.41) is 8.75. The van der Waals surface area contributed by atoms with Gasteiger partial charge in [-0.3, -0.25) is 0 Å². The topological polar surface area (TPSA) is 63.6 Å². The molecule has 0 aromatic carbocycles. The summed E-state index contributed by atoms with van der Waals surface area (Å²) in [7, 11) is 0. The molecule has 0 unspecified atom stereocenters. The van der Waals surface area contributed by atoms with E-state index in [9.17, 15) is 4.79 Å². The Morgan fingerprint density at radius 1 is 1.33 bits per heavy atom. The molecule has 68 valence electrons. The van der Waals surface area contributed by atoms with Gasteiger partial charge in [-0.25, -0.2) is 4.79 Å². The van der Waals surface area contributed by atoms with Crippen molar-refractivity contribution in [3.05, 3.63) is 22.1 Å². The van der Waals surface area contributed by atoms with Gasteiger partial charge in [0.2, 0.25) is 0 Å². The zero-order valence-corrected chi connectivity index (χ0v) is 7.16. The smallest absolute Gasteiger partial charge is 0.396 e. The Kier molecular flexibility index (Phi) is 2.70. The molecule has 1 aromatic heterocycles. The maximum Gasteiger partial charge on any atom is 0.519 e. The minimum atomic E-state index is -0.741. The van der Waals surface area contributed by atoms with Gasteiger partial charge in [0.05, 0.1) is 0 Å². The Morgan fingerprint density at radius 2 is 1.92 bits per heavy atom. The van der Waals surface area contributed by atoms with Crippen LogP contribution in [0.1, 0.15) is 25.4 Å². The summed E-state index contributed by atoms with van der Waals surface area (Å²) in [6.07, 6.45) is 0.613. The third-order valence-electron chi connectivity index (χ3n) is 1.46. The Labute approximate surface area is 69.8 Å². The van der Waals surface area contributed by atoms with Crippen LogP contribution in [-0.2, 0) is 13.0 Å². The highest BCUT2D eigenvalue weighted by atomic mass is 16.6. The van der Waals surface area contributed by atoms with E-state index in [0.29, 0.717) is 18.1 Å². The van der Waals surface area contributed by atoms with Gasteiger partial charge in [0.15, 0.2) is 11.5 Å². The summed E-state index contributed by atoms with van der Waals surface area (Å²) in [6.45, 7) is 3.70. The summed E-state index contributed by atoms with van der Waals surface area (Å²) in [5.74, 6) is 0.331. The average molecular weight is 172 g/mol. The zero-order chi connectivity index (χ0) is 9.14. The van der Waals surface area contributed by atoms with Crippen LogP contribution in [0.5, 0.6) is 0 Å². The highest BCUT2D eigenvalue weighted by molar-refractivity contribution is 5.02. The SMILES string of the molecule is CC(C)Cc1oc(=O)oc1CO. The summed E-state index contributed by atoms with van der Waals surface area (Å²) in [4.78, 5) is 10.6. The van der Waals surface area contributed by atoms with E-state index in [1.54, 1.807) is 0 Å². The van der Waals surface area contributed by atoms with Gasteiger partial charge in [0.25, 0.3) is 0 Å². The van der Waals surface area contributed by atoms with Gasteiger partial charge >= 0.3 is 5.82 Å². The molecule has 4 heteroatoms. The van der Waals surface area contributed by atoms with Crippen molar-refractivity contribution in [1.82, 2.24) is 0 Å². The lowest BCUT2D eigenvalue weighted by Gasteiger charge is -1.99. The predicted octanol–water partition coefficient (Wildman–Crippen LogP) is 0.924. The first-order valence-corrected chi connectivity index (χ1v) is 3.86. The fraction of sp³-hybridized carbons (Fsp3) is 0.625. The second-order valence-corrected chi connectivity index (χ2v) is 3.06. The first-order valence-electron chi connectivity index (χ1n) is 3.86. The molecule has 0 amide bonds. The van der Waals surface area contributed by atoms with Crippen LogP contribution in [0.25, 0.3) is 0 Å². The molecule has 4 nitrogen and oxygen atoms in total. The lowest BCUT2D eigenvalue weighted by molar-refractivity contribution is 0.240. The van der Waals surface area contributed by atoms with Crippen LogP contribution >= 0.6 is 0 Å². The van der Waals surface area contributed by atoms with Gasteiger partial charge in [-0.15, -0.1) is 0 Å². The van der Waals surface area contributed by atoms with E-state index in [2.05, 4.69) is 4.42 Å². The molecule has 0 aliphatic heterocycles. The van der Waals surface area contributed by atoms with Crippen molar-refractivity contribution in [3.63, 3.8) is 0 Å². The van der Waals surface area contributed by atoms with Crippen molar-refractivity contribution < 1.29 is 13.9 Å². The van der Waals surface area contributed by atoms with Crippen molar-refractivity contribution in [2.75, 3.05) is 0 Å². The van der Waals surface area contributed by atoms with Gasteiger partial charge in [-0.2, -0.15) is 0 Å². The molecule has 1 N–H and O–H groups in total. The average Bonchev–Trinajstić information content (AvgIpc) is 2.29. The summed E-state index contributed by atoms with van der Waals surface area (Å²) < 4.78 is 9.33. The van der Waals surface area contributed by atoms with Crippen LogP contribution in [0.2, 0.25) is 0 Å². The predicted molar refractivity (Wildman–Crippen MR) is 41.7 cm³/mol. The number of aliphatic hydroxyl groups excluding tert-OH is 1. The number of hydrogen-bond acceptors (Lipinski definition) is 4. The number of hydrogen-bond donors (Lipinski definition) is 1. The van der Waals surface area contributed by atoms with Crippen molar-refractivity contribution in [3.8, 4) is 0 Å². The van der Waals surface area contributed by atoms with Crippen LogP contribution in [0, 0.1) is 5.92 Å².